The van der Waals surface area contributed by atoms with Crippen LogP contribution in [-0.4, -0.2) is 35.0 Å². The van der Waals surface area contributed by atoms with Gasteiger partial charge >= 0.3 is 0 Å². The molecule has 0 aliphatic carbocycles. The highest BCUT2D eigenvalue weighted by Crippen LogP contribution is 2.20. The molecule has 3 heterocycles. The summed E-state index contributed by atoms with van der Waals surface area (Å²) in [5.41, 5.74) is 10.3. The maximum Gasteiger partial charge on any atom is 0.212 e. The van der Waals surface area contributed by atoms with E-state index < -0.39 is 0 Å². The SMILES string of the molecule is C.C=N/C=C(\C=N)Cc1c[nH]c2ncc(C)cc12.COc1ccc(CN)cn1. The van der Waals surface area contributed by atoms with Crippen LogP contribution in [0.25, 0.3) is 11.0 Å². The highest BCUT2D eigenvalue weighted by molar-refractivity contribution is 5.83. The predicted octanol–water partition coefficient (Wildman–Crippen LogP) is 3.83. The molecule has 0 saturated heterocycles. The van der Waals surface area contributed by atoms with Crippen molar-refractivity contribution in [1.29, 1.82) is 5.41 Å². The van der Waals surface area contributed by atoms with E-state index in [1.54, 1.807) is 25.6 Å². The Kier molecular flexibility index (Phi) is 9.25. The van der Waals surface area contributed by atoms with Crippen molar-refractivity contribution >= 4 is 24.0 Å². The summed E-state index contributed by atoms with van der Waals surface area (Å²) in [6, 6.07) is 5.78. The molecule has 28 heavy (non-hydrogen) atoms. The molecule has 0 aliphatic rings. The van der Waals surface area contributed by atoms with E-state index in [-0.39, 0.29) is 7.43 Å². The van der Waals surface area contributed by atoms with Gasteiger partial charge in [0.15, 0.2) is 0 Å². The molecule has 3 rings (SSSR count). The van der Waals surface area contributed by atoms with E-state index in [0.29, 0.717) is 18.8 Å². The van der Waals surface area contributed by atoms with Crippen molar-refractivity contribution in [2.24, 2.45) is 10.7 Å². The number of hydrogen-bond donors (Lipinski definition) is 3. The molecule has 7 heteroatoms. The van der Waals surface area contributed by atoms with Crippen molar-refractivity contribution in [3.05, 3.63) is 65.3 Å². The van der Waals surface area contributed by atoms with Gasteiger partial charge in [0.2, 0.25) is 5.88 Å². The zero-order valence-electron chi connectivity index (χ0n) is 15.6. The number of H-pyrrole nitrogens is 1. The van der Waals surface area contributed by atoms with Crippen LogP contribution in [0.1, 0.15) is 24.1 Å². The van der Waals surface area contributed by atoms with Crippen molar-refractivity contribution in [3.8, 4) is 5.88 Å². The second-order valence-corrected chi connectivity index (χ2v) is 5.84. The van der Waals surface area contributed by atoms with Gasteiger partial charge < -0.3 is 20.9 Å². The highest BCUT2D eigenvalue weighted by atomic mass is 16.5. The maximum atomic E-state index is 7.31. The Hall–Kier alpha value is -3.32. The van der Waals surface area contributed by atoms with Crippen LogP contribution in [0, 0.1) is 12.3 Å². The van der Waals surface area contributed by atoms with Gasteiger partial charge in [-0.15, -0.1) is 0 Å². The molecule has 0 atom stereocenters. The van der Waals surface area contributed by atoms with E-state index in [0.717, 1.165) is 33.3 Å². The third kappa shape index (κ3) is 6.14. The Bertz CT molecular complexity index is 905. The molecule has 0 fully saturated rings. The van der Waals surface area contributed by atoms with Crippen LogP contribution in [0.4, 0.5) is 0 Å². The molecule has 7 nitrogen and oxygen atoms in total. The van der Waals surface area contributed by atoms with Gasteiger partial charge in [0.05, 0.1) is 7.11 Å². The number of fused-ring (bicyclic) bond motifs is 1. The van der Waals surface area contributed by atoms with Crippen molar-refractivity contribution in [2.45, 2.75) is 27.3 Å². The average molecular weight is 380 g/mol. The Balaban J connectivity index is 0.000000307. The van der Waals surface area contributed by atoms with Crippen molar-refractivity contribution in [1.82, 2.24) is 15.0 Å². The fourth-order valence-electron chi connectivity index (χ4n) is 2.43. The second kappa shape index (κ2) is 11.4. The van der Waals surface area contributed by atoms with E-state index >= 15 is 0 Å². The number of nitrogens with one attached hydrogen (secondary N) is 2. The Morgan fingerprint density at radius 1 is 1.36 bits per heavy atom. The van der Waals surface area contributed by atoms with Gasteiger partial charge in [-0.2, -0.15) is 0 Å². The highest BCUT2D eigenvalue weighted by Gasteiger charge is 2.06. The van der Waals surface area contributed by atoms with E-state index in [1.165, 1.54) is 6.21 Å². The van der Waals surface area contributed by atoms with Crippen LogP contribution in [0.5, 0.6) is 5.88 Å². The number of aromatic amines is 1. The lowest BCUT2D eigenvalue weighted by Crippen LogP contribution is -1.97. The number of nitrogens with two attached hydrogens (primary N) is 1. The Labute approximate surface area is 165 Å². The van der Waals surface area contributed by atoms with Crippen LogP contribution in [0.2, 0.25) is 0 Å². The minimum absolute atomic E-state index is 0. The molecule has 0 unspecified atom stereocenters. The number of aryl methyl sites for hydroxylation is 1. The van der Waals surface area contributed by atoms with E-state index in [4.69, 9.17) is 15.9 Å². The topological polar surface area (TPSA) is 113 Å². The predicted molar refractivity (Wildman–Crippen MR) is 116 cm³/mol. The smallest absolute Gasteiger partial charge is 0.212 e. The summed E-state index contributed by atoms with van der Waals surface area (Å²) in [4.78, 5) is 15.1. The fraction of sp³-hybridized carbons (Fsp3) is 0.238. The summed E-state index contributed by atoms with van der Waals surface area (Å²) in [5.74, 6) is 0.622. The van der Waals surface area contributed by atoms with Gasteiger partial charge in [-0.3, -0.25) is 4.99 Å². The van der Waals surface area contributed by atoms with Crippen LogP contribution in [-0.2, 0) is 13.0 Å². The number of nitrogens with zero attached hydrogens (tertiary/aromatic N) is 3. The van der Waals surface area contributed by atoms with Crippen LogP contribution < -0.4 is 10.5 Å². The minimum atomic E-state index is 0. The number of allylic oxidation sites excluding steroid dienone is 1. The molecular formula is C21H28N6O. The number of aliphatic imine (C=N–C) groups is 1. The summed E-state index contributed by atoms with van der Waals surface area (Å²) < 4.78 is 4.86. The summed E-state index contributed by atoms with van der Waals surface area (Å²) >= 11 is 0. The van der Waals surface area contributed by atoms with Crippen molar-refractivity contribution in [3.63, 3.8) is 0 Å². The third-order valence-electron chi connectivity index (χ3n) is 3.83. The van der Waals surface area contributed by atoms with Crippen molar-refractivity contribution < 1.29 is 4.74 Å². The molecule has 0 spiro atoms. The molecule has 3 aromatic rings. The number of aromatic nitrogens is 3. The zero-order chi connectivity index (χ0) is 19.6. The van der Waals surface area contributed by atoms with Crippen LogP contribution >= 0.6 is 0 Å². The van der Waals surface area contributed by atoms with E-state index in [9.17, 15) is 0 Å². The lowest BCUT2D eigenvalue weighted by molar-refractivity contribution is 0.397. The van der Waals surface area contributed by atoms with Crippen LogP contribution in [0.15, 0.2) is 53.6 Å². The molecule has 0 aromatic carbocycles. The molecule has 0 saturated carbocycles. The van der Waals surface area contributed by atoms with Gasteiger partial charge in [-0.05, 0) is 42.0 Å². The molecular weight excluding hydrogens is 352 g/mol. The average Bonchev–Trinajstić information content (AvgIpc) is 3.10. The maximum absolute atomic E-state index is 7.31. The Morgan fingerprint density at radius 2 is 2.14 bits per heavy atom. The quantitative estimate of drug-likeness (QED) is 0.564. The third-order valence-corrected chi connectivity index (χ3v) is 3.83. The number of methoxy groups -OCH3 is 1. The second-order valence-electron chi connectivity index (χ2n) is 5.84. The molecule has 4 N–H and O–H groups in total. The number of rotatable bonds is 6. The first-order valence-electron chi connectivity index (χ1n) is 8.38. The first kappa shape index (κ1) is 22.7. The lowest BCUT2D eigenvalue weighted by Gasteiger charge is -1.99. The Morgan fingerprint density at radius 3 is 2.71 bits per heavy atom. The van der Waals surface area contributed by atoms with Crippen LogP contribution in [0.3, 0.4) is 0 Å². The monoisotopic (exact) mass is 380 g/mol. The molecule has 0 bridgehead atoms. The van der Waals surface area contributed by atoms with Gasteiger partial charge in [0, 0.05) is 55.4 Å². The normalized spacial score (nSPS) is 10.5. The number of pyridine rings is 2. The molecule has 0 amide bonds. The minimum Gasteiger partial charge on any atom is -0.481 e. The van der Waals surface area contributed by atoms with Crippen molar-refractivity contribution in [2.75, 3.05) is 7.11 Å². The standard InChI is InChI=1S/C13H14N4.C7H10N2O.CH4/c1-9-3-12-11(4-10(5-14)7-15-2)8-17-13(12)16-6-9;1-10-7-3-2-6(4-8)5-9-7;/h3,5-8,14H,2,4H2,1H3,(H,16,17);2-3,5H,4,8H2,1H3;1H4/b10-7-,14-5?;;. The molecule has 148 valence electrons. The summed E-state index contributed by atoms with van der Waals surface area (Å²) in [6.07, 6.45) is 9.04. The number of hydrogen-bond acceptors (Lipinski definition) is 6. The first-order chi connectivity index (χ1) is 13.1. The lowest BCUT2D eigenvalue weighted by atomic mass is 10.1. The molecule has 0 aliphatic heterocycles. The van der Waals surface area contributed by atoms with Gasteiger partial charge in [0.1, 0.15) is 5.65 Å². The van der Waals surface area contributed by atoms with E-state index in [2.05, 4.69) is 32.7 Å². The van der Waals surface area contributed by atoms with E-state index in [1.807, 2.05) is 25.4 Å². The molecule has 0 radical (unpaired) electrons. The first-order valence-corrected chi connectivity index (χ1v) is 8.38. The summed E-state index contributed by atoms with van der Waals surface area (Å²) in [7, 11) is 1.59. The van der Waals surface area contributed by atoms with Gasteiger partial charge in [0.25, 0.3) is 0 Å². The van der Waals surface area contributed by atoms with Gasteiger partial charge in [-0.25, -0.2) is 9.97 Å². The fourth-order valence-corrected chi connectivity index (χ4v) is 2.43. The largest absolute Gasteiger partial charge is 0.481 e. The number of ether oxygens (including phenoxy) is 1. The zero-order valence-corrected chi connectivity index (χ0v) is 15.6. The summed E-state index contributed by atoms with van der Waals surface area (Å²) in [6.45, 7) is 5.94. The molecule has 3 aromatic heterocycles. The summed E-state index contributed by atoms with van der Waals surface area (Å²) in [5, 5.41) is 8.41. The van der Waals surface area contributed by atoms with Gasteiger partial charge in [-0.1, -0.05) is 13.5 Å².